The van der Waals surface area contributed by atoms with Crippen molar-refractivity contribution in [1.29, 1.82) is 0 Å². The SMILES string of the molecule is C=C.[Cl-].[Cl-].[Zr+3].c1ccc2[cH-]ccc2c1. The molecule has 0 unspecified atom stereocenters. The molecule has 0 amide bonds. The van der Waals surface area contributed by atoms with Gasteiger partial charge in [0.25, 0.3) is 0 Å². The van der Waals surface area contributed by atoms with Crippen molar-refractivity contribution < 1.29 is 51.0 Å². The van der Waals surface area contributed by atoms with E-state index in [1.165, 1.54) is 10.8 Å². The molecule has 0 heterocycles. The van der Waals surface area contributed by atoms with Gasteiger partial charge in [-0.15, -0.1) is 42.8 Å². The summed E-state index contributed by atoms with van der Waals surface area (Å²) in [7, 11) is 0. The average Bonchev–Trinajstić information content (AvgIpc) is 2.55. The molecule has 0 saturated carbocycles. The minimum absolute atomic E-state index is 0. The molecule has 0 aliphatic carbocycles. The fourth-order valence-corrected chi connectivity index (χ4v) is 1.07. The van der Waals surface area contributed by atoms with E-state index in [2.05, 4.69) is 55.6 Å². The third-order valence-electron chi connectivity index (χ3n) is 1.55. The van der Waals surface area contributed by atoms with Crippen molar-refractivity contribution in [3.8, 4) is 0 Å². The predicted molar refractivity (Wildman–Crippen MR) is 50.8 cm³/mol. The first-order chi connectivity index (χ1) is 5.47. The second-order valence-electron chi connectivity index (χ2n) is 2.15. The molecule has 73 valence electrons. The van der Waals surface area contributed by atoms with E-state index < -0.39 is 0 Å². The second-order valence-corrected chi connectivity index (χ2v) is 2.15. The smallest absolute Gasteiger partial charge is 1.00 e. The van der Waals surface area contributed by atoms with Gasteiger partial charge < -0.3 is 24.8 Å². The first kappa shape index (κ1) is 19.6. The normalized spacial score (nSPS) is 6.86. The van der Waals surface area contributed by atoms with Crippen LogP contribution in [0.4, 0.5) is 0 Å². The molecule has 3 heteroatoms. The third kappa shape index (κ3) is 5.05. The molecule has 2 aromatic carbocycles. The topological polar surface area (TPSA) is 0 Å². The van der Waals surface area contributed by atoms with E-state index in [9.17, 15) is 0 Å². The Morgan fingerprint density at radius 3 is 2.07 bits per heavy atom. The molecule has 2 aromatic rings. The zero-order valence-corrected chi connectivity index (χ0v) is 11.7. The molecule has 0 atom stereocenters. The van der Waals surface area contributed by atoms with E-state index in [4.69, 9.17) is 0 Å². The summed E-state index contributed by atoms with van der Waals surface area (Å²) >= 11 is 0. The van der Waals surface area contributed by atoms with E-state index in [1.54, 1.807) is 0 Å². The van der Waals surface area contributed by atoms with Crippen LogP contribution in [0.15, 0.2) is 55.6 Å². The maximum absolute atomic E-state index is 3.00. The molecule has 0 aliphatic heterocycles. The van der Waals surface area contributed by atoms with Crippen LogP contribution in [0.1, 0.15) is 0 Å². The Hall–Kier alpha value is 0.0331. The molecule has 0 spiro atoms. The molecule has 2 rings (SSSR count). The van der Waals surface area contributed by atoms with Gasteiger partial charge in [0, 0.05) is 0 Å². The Bertz CT molecular complexity index is 300. The zero-order chi connectivity index (χ0) is 8.10. The number of hydrogen-bond acceptors (Lipinski definition) is 0. The Morgan fingerprint density at radius 1 is 0.929 bits per heavy atom. The standard InChI is InChI=1S/C9H7.C2H4.2ClH.Zr/c1-2-5-9-7-3-6-8(9)4-1;1-2;;;/h1-7H;1-2H2;2*1H;/q-1;;;;+3/p-2. The largest absolute Gasteiger partial charge is 3.00 e. The van der Waals surface area contributed by atoms with Gasteiger partial charge >= 0.3 is 26.2 Å². The molecule has 1 radical (unpaired) electrons. The van der Waals surface area contributed by atoms with Gasteiger partial charge in [-0.2, -0.15) is 17.5 Å². The van der Waals surface area contributed by atoms with Gasteiger partial charge in [0.05, 0.1) is 0 Å². The fourth-order valence-electron chi connectivity index (χ4n) is 1.07. The number of benzene rings is 1. The van der Waals surface area contributed by atoms with Crippen molar-refractivity contribution in [3.63, 3.8) is 0 Å². The van der Waals surface area contributed by atoms with E-state index in [-0.39, 0.29) is 51.0 Å². The number of halogens is 2. The quantitative estimate of drug-likeness (QED) is 0.369. The zero-order valence-electron chi connectivity index (χ0n) is 7.71. The molecular weight excluding hydrogens is 294 g/mol. The summed E-state index contributed by atoms with van der Waals surface area (Å²) < 4.78 is 0. The molecule has 0 saturated heterocycles. The van der Waals surface area contributed by atoms with Crippen LogP contribution < -0.4 is 24.8 Å². The summed E-state index contributed by atoms with van der Waals surface area (Å²) in [5.41, 5.74) is 0. The molecule has 0 aromatic heterocycles. The Morgan fingerprint density at radius 2 is 1.50 bits per heavy atom. The first-order valence-corrected chi connectivity index (χ1v) is 3.57. The number of rotatable bonds is 0. The van der Waals surface area contributed by atoms with E-state index >= 15 is 0 Å². The van der Waals surface area contributed by atoms with Gasteiger partial charge in [-0.1, -0.05) is 6.07 Å². The van der Waals surface area contributed by atoms with Gasteiger partial charge in [0.1, 0.15) is 0 Å². The van der Waals surface area contributed by atoms with Crippen LogP contribution in [-0.4, -0.2) is 0 Å². The van der Waals surface area contributed by atoms with Gasteiger partial charge in [-0.3, -0.25) is 0 Å². The van der Waals surface area contributed by atoms with Gasteiger partial charge in [-0.25, -0.2) is 0 Å². The Kier molecular flexibility index (Phi) is 15.5. The van der Waals surface area contributed by atoms with E-state index in [0.29, 0.717) is 0 Å². The minimum atomic E-state index is 0. The van der Waals surface area contributed by atoms with E-state index in [1.807, 2.05) is 0 Å². The van der Waals surface area contributed by atoms with Crippen molar-refractivity contribution in [2.45, 2.75) is 0 Å². The van der Waals surface area contributed by atoms with Crippen LogP contribution in [-0.2, 0) is 26.2 Å². The predicted octanol–water partition coefficient (Wildman–Crippen LogP) is -2.63. The second kappa shape index (κ2) is 11.1. The van der Waals surface area contributed by atoms with Crippen LogP contribution in [0, 0.1) is 0 Å². The Balaban J connectivity index is -0.000000229. The monoisotopic (exact) mass is 303 g/mol. The summed E-state index contributed by atoms with van der Waals surface area (Å²) in [5, 5.41) is 2.66. The van der Waals surface area contributed by atoms with Crippen molar-refractivity contribution in [1.82, 2.24) is 0 Å². The summed E-state index contributed by atoms with van der Waals surface area (Å²) in [6.07, 6.45) is 0. The van der Waals surface area contributed by atoms with Crippen molar-refractivity contribution in [2.24, 2.45) is 0 Å². The van der Waals surface area contributed by atoms with Crippen LogP contribution in [0.3, 0.4) is 0 Å². The maximum Gasteiger partial charge on any atom is 3.00 e. The third-order valence-corrected chi connectivity index (χ3v) is 1.55. The molecule has 0 fully saturated rings. The molecule has 14 heavy (non-hydrogen) atoms. The van der Waals surface area contributed by atoms with Crippen LogP contribution >= 0.6 is 0 Å². The fraction of sp³-hybridized carbons (Fsp3) is 0. The van der Waals surface area contributed by atoms with Crippen LogP contribution in [0.25, 0.3) is 10.8 Å². The summed E-state index contributed by atoms with van der Waals surface area (Å²) in [4.78, 5) is 0. The summed E-state index contributed by atoms with van der Waals surface area (Å²) in [6, 6.07) is 14.7. The first-order valence-electron chi connectivity index (χ1n) is 3.57. The van der Waals surface area contributed by atoms with Crippen molar-refractivity contribution in [2.75, 3.05) is 0 Å². The molecule has 0 nitrogen and oxygen atoms in total. The van der Waals surface area contributed by atoms with Crippen LogP contribution in [0.2, 0.25) is 0 Å². The van der Waals surface area contributed by atoms with Crippen molar-refractivity contribution >= 4 is 10.8 Å². The van der Waals surface area contributed by atoms with Gasteiger partial charge in [-0.05, 0) is 0 Å². The molecule has 0 aliphatic rings. The number of hydrogen-bond donors (Lipinski definition) is 0. The van der Waals surface area contributed by atoms with E-state index in [0.717, 1.165) is 0 Å². The van der Waals surface area contributed by atoms with Crippen LogP contribution in [0.5, 0.6) is 0 Å². The summed E-state index contributed by atoms with van der Waals surface area (Å²) in [6.45, 7) is 6.00. The number of fused-ring (bicyclic) bond motifs is 1. The molecule has 0 N–H and O–H groups in total. The average molecular weight is 305 g/mol. The molecular formula is C11H11Cl2Zr. The summed E-state index contributed by atoms with van der Waals surface area (Å²) in [5.74, 6) is 0. The minimum Gasteiger partial charge on any atom is -1.00 e. The van der Waals surface area contributed by atoms with Gasteiger partial charge in [0.2, 0.25) is 0 Å². The Labute approximate surface area is 117 Å². The van der Waals surface area contributed by atoms with Crippen molar-refractivity contribution in [3.05, 3.63) is 55.6 Å². The van der Waals surface area contributed by atoms with Gasteiger partial charge in [0.15, 0.2) is 0 Å². The maximum atomic E-state index is 3.00. The molecule has 0 bridgehead atoms.